The van der Waals surface area contributed by atoms with Gasteiger partial charge in [-0.1, -0.05) is 17.3 Å². The van der Waals surface area contributed by atoms with E-state index < -0.39 is 17.4 Å². The van der Waals surface area contributed by atoms with Crippen LogP contribution in [0, 0.1) is 0 Å². The molecule has 0 saturated carbocycles. The SMILES string of the molecule is COc1ccc(C(=O)c2cn(-c3ccc(-c4ccon4)cc3)c(O)c2O)cc1. The van der Waals surface area contributed by atoms with Crippen molar-refractivity contribution in [3.63, 3.8) is 0 Å². The van der Waals surface area contributed by atoms with Crippen LogP contribution in [0.1, 0.15) is 15.9 Å². The molecule has 0 aliphatic carbocycles. The van der Waals surface area contributed by atoms with Crippen LogP contribution in [-0.4, -0.2) is 32.8 Å². The lowest BCUT2D eigenvalue weighted by molar-refractivity contribution is 0.103. The van der Waals surface area contributed by atoms with E-state index in [1.165, 1.54) is 24.1 Å². The van der Waals surface area contributed by atoms with Crippen LogP contribution < -0.4 is 4.74 Å². The predicted octanol–water partition coefficient (Wildman–Crippen LogP) is 3.78. The summed E-state index contributed by atoms with van der Waals surface area (Å²) in [6, 6.07) is 15.3. The van der Waals surface area contributed by atoms with Crippen LogP contribution in [0.4, 0.5) is 0 Å². The fraction of sp³-hybridized carbons (Fsp3) is 0.0476. The Bertz CT molecular complexity index is 1110. The van der Waals surface area contributed by atoms with Crippen LogP contribution in [0.15, 0.2) is 71.6 Å². The van der Waals surface area contributed by atoms with Gasteiger partial charge in [0.05, 0.1) is 12.7 Å². The molecule has 7 nitrogen and oxygen atoms in total. The molecule has 0 saturated heterocycles. The number of carbonyl (C=O) groups is 1. The number of nitrogens with zero attached hydrogens (tertiary/aromatic N) is 2. The molecule has 2 aromatic heterocycles. The molecule has 4 rings (SSSR count). The fourth-order valence-electron chi connectivity index (χ4n) is 2.90. The molecule has 0 unspecified atom stereocenters. The van der Waals surface area contributed by atoms with Gasteiger partial charge in [0, 0.05) is 29.1 Å². The molecule has 0 atom stereocenters. The number of carbonyl (C=O) groups excluding carboxylic acids is 1. The largest absolute Gasteiger partial charge is 0.503 e. The molecule has 2 aromatic carbocycles. The lowest BCUT2D eigenvalue weighted by Crippen LogP contribution is -2.00. The van der Waals surface area contributed by atoms with Gasteiger partial charge in [0.1, 0.15) is 17.7 Å². The summed E-state index contributed by atoms with van der Waals surface area (Å²) in [5, 5.41) is 24.5. The zero-order valence-corrected chi connectivity index (χ0v) is 14.9. The molecule has 0 spiro atoms. The molecule has 140 valence electrons. The second-order valence-electron chi connectivity index (χ2n) is 6.07. The molecule has 0 bridgehead atoms. The lowest BCUT2D eigenvalue weighted by atomic mass is 10.1. The van der Waals surface area contributed by atoms with Gasteiger partial charge in [-0.25, -0.2) is 0 Å². The molecule has 4 aromatic rings. The summed E-state index contributed by atoms with van der Waals surface area (Å²) in [6.45, 7) is 0. The zero-order chi connectivity index (χ0) is 19.7. The Morgan fingerprint density at radius 2 is 1.75 bits per heavy atom. The van der Waals surface area contributed by atoms with Gasteiger partial charge in [0.2, 0.25) is 5.88 Å². The van der Waals surface area contributed by atoms with Crippen LogP contribution in [0.5, 0.6) is 17.4 Å². The molecule has 0 radical (unpaired) electrons. The molecule has 7 heteroatoms. The van der Waals surface area contributed by atoms with Gasteiger partial charge in [-0.2, -0.15) is 0 Å². The van der Waals surface area contributed by atoms with E-state index in [0.29, 0.717) is 22.7 Å². The first-order valence-electron chi connectivity index (χ1n) is 8.41. The topological polar surface area (TPSA) is 97.7 Å². The van der Waals surface area contributed by atoms with Crippen molar-refractivity contribution in [2.75, 3.05) is 7.11 Å². The minimum Gasteiger partial charge on any atom is -0.503 e. The summed E-state index contributed by atoms with van der Waals surface area (Å²) >= 11 is 0. The number of methoxy groups -OCH3 is 1. The summed E-state index contributed by atoms with van der Waals surface area (Å²) in [5.74, 6) is -0.672. The van der Waals surface area contributed by atoms with E-state index in [2.05, 4.69) is 5.16 Å². The van der Waals surface area contributed by atoms with Crippen LogP contribution in [0.2, 0.25) is 0 Å². The molecule has 0 amide bonds. The van der Waals surface area contributed by atoms with Gasteiger partial charge in [-0.05, 0) is 36.4 Å². The van der Waals surface area contributed by atoms with Crippen LogP contribution in [-0.2, 0) is 0 Å². The maximum absolute atomic E-state index is 12.7. The van der Waals surface area contributed by atoms with Crippen molar-refractivity contribution in [1.29, 1.82) is 0 Å². The predicted molar refractivity (Wildman–Crippen MR) is 101 cm³/mol. The number of hydrogen-bond donors (Lipinski definition) is 2. The molecule has 28 heavy (non-hydrogen) atoms. The van der Waals surface area contributed by atoms with Gasteiger partial charge in [0.15, 0.2) is 11.5 Å². The number of aromatic nitrogens is 2. The molecular weight excluding hydrogens is 360 g/mol. The second-order valence-corrected chi connectivity index (χ2v) is 6.07. The van der Waals surface area contributed by atoms with Crippen molar-refractivity contribution in [3.8, 4) is 34.3 Å². The smallest absolute Gasteiger partial charge is 0.240 e. The Kier molecular flexibility index (Phi) is 4.33. The first kappa shape index (κ1) is 17.4. The first-order valence-corrected chi connectivity index (χ1v) is 8.41. The van der Waals surface area contributed by atoms with Crippen LogP contribution in [0.25, 0.3) is 16.9 Å². The third kappa shape index (κ3) is 2.99. The van der Waals surface area contributed by atoms with Crippen molar-refractivity contribution in [3.05, 3.63) is 78.2 Å². The Morgan fingerprint density at radius 1 is 1.04 bits per heavy atom. The van der Waals surface area contributed by atoms with Crippen LogP contribution in [0.3, 0.4) is 0 Å². The van der Waals surface area contributed by atoms with E-state index >= 15 is 0 Å². The van der Waals surface area contributed by atoms with E-state index in [0.717, 1.165) is 5.56 Å². The normalized spacial score (nSPS) is 10.8. The highest BCUT2D eigenvalue weighted by molar-refractivity contribution is 6.11. The molecule has 0 aliphatic rings. The Balaban J connectivity index is 1.67. The number of ketones is 1. The Hall–Kier alpha value is -4.00. The average Bonchev–Trinajstić information content (AvgIpc) is 3.37. The van der Waals surface area contributed by atoms with Crippen molar-refractivity contribution in [1.82, 2.24) is 9.72 Å². The third-order valence-electron chi connectivity index (χ3n) is 4.43. The van der Waals surface area contributed by atoms with Gasteiger partial charge < -0.3 is 19.5 Å². The van der Waals surface area contributed by atoms with Gasteiger partial charge in [-0.3, -0.25) is 9.36 Å². The monoisotopic (exact) mass is 376 g/mol. The van der Waals surface area contributed by atoms with Gasteiger partial charge in [0.25, 0.3) is 0 Å². The number of ether oxygens (including phenoxy) is 1. The van der Waals surface area contributed by atoms with Crippen molar-refractivity contribution >= 4 is 5.78 Å². The second kappa shape index (κ2) is 6.96. The quantitative estimate of drug-likeness (QED) is 0.515. The molecule has 2 N–H and O–H groups in total. The van der Waals surface area contributed by atoms with Gasteiger partial charge in [-0.15, -0.1) is 0 Å². The van der Waals surface area contributed by atoms with E-state index in [-0.39, 0.29) is 5.56 Å². The zero-order valence-electron chi connectivity index (χ0n) is 14.9. The summed E-state index contributed by atoms with van der Waals surface area (Å²) in [6.07, 6.45) is 2.89. The summed E-state index contributed by atoms with van der Waals surface area (Å²) in [5.41, 5.74) is 2.47. The first-order chi connectivity index (χ1) is 13.6. The average molecular weight is 376 g/mol. The summed E-state index contributed by atoms with van der Waals surface area (Å²) < 4.78 is 11.3. The van der Waals surface area contributed by atoms with Crippen molar-refractivity contribution < 1.29 is 24.3 Å². The fourth-order valence-corrected chi connectivity index (χ4v) is 2.90. The van der Waals surface area contributed by atoms with E-state index in [9.17, 15) is 15.0 Å². The number of rotatable bonds is 5. The highest BCUT2D eigenvalue weighted by atomic mass is 16.5. The minimum absolute atomic E-state index is 0.00300. The van der Waals surface area contributed by atoms with E-state index in [4.69, 9.17) is 9.26 Å². The molecule has 0 fully saturated rings. The van der Waals surface area contributed by atoms with Gasteiger partial charge >= 0.3 is 0 Å². The van der Waals surface area contributed by atoms with Crippen molar-refractivity contribution in [2.45, 2.75) is 0 Å². The minimum atomic E-state index is -0.471. The number of benzene rings is 2. The van der Waals surface area contributed by atoms with E-state index in [1.807, 2.05) is 0 Å². The number of hydrogen-bond acceptors (Lipinski definition) is 6. The highest BCUT2D eigenvalue weighted by Gasteiger charge is 2.22. The third-order valence-corrected chi connectivity index (χ3v) is 4.43. The highest BCUT2D eigenvalue weighted by Crippen LogP contribution is 2.35. The Labute approximate surface area is 160 Å². The molecule has 0 aliphatic heterocycles. The molecular formula is C21H16N2O5. The number of aromatic hydroxyl groups is 2. The standard InChI is InChI=1S/C21H16N2O5/c1-27-16-8-4-14(5-9-16)19(24)17-12-23(21(26)20(17)25)15-6-2-13(3-7-15)18-10-11-28-22-18/h2-12,25-26H,1H3. The molecule has 2 heterocycles. The maximum Gasteiger partial charge on any atom is 0.240 e. The van der Waals surface area contributed by atoms with Crippen LogP contribution >= 0.6 is 0 Å². The maximum atomic E-state index is 12.7. The summed E-state index contributed by atoms with van der Waals surface area (Å²) in [4.78, 5) is 12.7. The van der Waals surface area contributed by atoms with Crippen molar-refractivity contribution in [2.24, 2.45) is 0 Å². The Morgan fingerprint density at radius 3 is 2.36 bits per heavy atom. The lowest BCUT2D eigenvalue weighted by Gasteiger charge is -2.05. The van der Waals surface area contributed by atoms with E-state index in [1.54, 1.807) is 54.6 Å². The summed E-state index contributed by atoms with van der Waals surface area (Å²) in [7, 11) is 1.54.